The van der Waals surface area contributed by atoms with Crippen LogP contribution >= 0.6 is 23.2 Å². The molecule has 0 radical (unpaired) electrons. The fourth-order valence-electron chi connectivity index (χ4n) is 7.98. The molecule has 15 nitrogen and oxygen atoms in total. The Morgan fingerprint density at radius 2 is 1.54 bits per heavy atom. The summed E-state index contributed by atoms with van der Waals surface area (Å²) in [6, 6.07) is 12.4. The van der Waals surface area contributed by atoms with Crippen molar-refractivity contribution in [3.63, 3.8) is 0 Å². The summed E-state index contributed by atoms with van der Waals surface area (Å²) < 4.78 is 0. The van der Waals surface area contributed by atoms with E-state index in [0.717, 1.165) is 70.0 Å². The van der Waals surface area contributed by atoms with Crippen LogP contribution in [0.3, 0.4) is 0 Å². The number of piperidine rings is 3. The Balaban J connectivity index is 0.787. The number of aromatic amines is 1. The number of aromatic nitrogens is 2. The van der Waals surface area contributed by atoms with Crippen LogP contribution in [0.5, 0.6) is 0 Å². The predicted octanol–water partition coefficient (Wildman–Crippen LogP) is 3.44. The van der Waals surface area contributed by atoms with E-state index in [1.165, 1.54) is 6.20 Å². The zero-order chi connectivity index (χ0) is 39.2. The summed E-state index contributed by atoms with van der Waals surface area (Å²) in [5, 5.41) is 18.4. The number of likely N-dealkylation sites (tertiary alicyclic amines) is 2. The maximum absolute atomic E-state index is 13.3. The molecule has 4 fully saturated rings. The number of nitrogens with zero attached hydrogens (tertiary/aromatic N) is 5. The summed E-state index contributed by atoms with van der Waals surface area (Å²) in [4.78, 5) is 72.1. The molecule has 0 bridgehead atoms. The van der Waals surface area contributed by atoms with Gasteiger partial charge in [0.15, 0.2) is 0 Å². The lowest BCUT2D eigenvalue weighted by molar-refractivity contribution is -0.134. The second kappa shape index (κ2) is 18.0. The summed E-state index contributed by atoms with van der Waals surface area (Å²) >= 11 is 12.3. The van der Waals surface area contributed by atoms with Crippen molar-refractivity contribution >= 4 is 69.8 Å². The number of carbonyl (C=O) groups excluding carboxylic acids is 5. The van der Waals surface area contributed by atoms with E-state index in [1.54, 1.807) is 18.2 Å². The van der Waals surface area contributed by atoms with Gasteiger partial charge in [0.25, 0.3) is 11.8 Å². The average molecular weight is 808 g/mol. The minimum atomic E-state index is -0.551. The second-order valence-electron chi connectivity index (χ2n) is 15.0. The number of hydrogen-bond acceptors (Lipinski definition) is 10. The Kier molecular flexibility index (Phi) is 12.7. The van der Waals surface area contributed by atoms with Crippen molar-refractivity contribution in [2.75, 3.05) is 81.0 Å². The van der Waals surface area contributed by atoms with Gasteiger partial charge in [-0.25, -0.2) is 0 Å². The van der Waals surface area contributed by atoms with Crippen LogP contribution < -0.4 is 26.2 Å². The zero-order valence-electron chi connectivity index (χ0n) is 31.2. The number of carbonyl (C=O) groups is 5. The Morgan fingerprint density at radius 3 is 2.25 bits per heavy atom. The number of nitrogens with one attached hydrogen (secondary N) is 5. The lowest BCUT2D eigenvalue weighted by Crippen LogP contribution is -2.51. The number of benzene rings is 2. The molecule has 5 N–H and O–H groups in total. The van der Waals surface area contributed by atoms with Crippen molar-refractivity contribution < 1.29 is 24.0 Å². The van der Waals surface area contributed by atoms with Gasteiger partial charge in [0.2, 0.25) is 17.7 Å². The zero-order valence-corrected chi connectivity index (χ0v) is 32.7. The molecule has 1 unspecified atom stereocenters. The molecule has 0 spiro atoms. The molecular formula is C39H48Cl2N10O5. The van der Waals surface area contributed by atoms with Gasteiger partial charge in [-0.15, -0.1) is 0 Å². The second-order valence-corrected chi connectivity index (χ2v) is 15.9. The maximum atomic E-state index is 13.3. The van der Waals surface area contributed by atoms with E-state index in [0.29, 0.717) is 51.2 Å². The van der Waals surface area contributed by atoms with Crippen molar-refractivity contribution in [3.8, 4) is 0 Å². The molecule has 2 aromatic carbocycles. The highest BCUT2D eigenvalue weighted by Crippen LogP contribution is 2.27. The topological polar surface area (TPSA) is 175 Å². The fourth-order valence-corrected chi connectivity index (χ4v) is 8.55. The van der Waals surface area contributed by atoms with Crippen LogP contribution in [0, 0.1) is 5.92 Å². The van der Waals surface area contributed by atoms with Crippen molar-refractivity contribution in [1.29, 1.82) is 0 Å². The maximum Gasteiger partial charge on any atom is 0.271 e. The van der Waals surface area contributed by atoms with Crippen LogP contribution in [0.15, 0.2) is 48.7 Å². The van der Waals surface area contributed by atoms with E-state index in [9.17, 15) is 24.0 Å². The number of H-pyrrole nitrogens is 1. The van der Waals surface area contributed by atoms with Crippen molar-refractivity contribution in [2.24, 2.45) is 5.92 Å². The lowest BCUT2D eigenvalue weighted by Gasteiger charge is -2.40. The summed E-state index contributed by atoms with van der Waals surface area (Å²) in [5.74, 6) is -0.711. The minimum Gasteiger partial charge on any atom is -0.374 e. The number of piperazine rings is 1. The Labute approximate surface area is 335 Å². The number of hydrogen-bond donors (Lipinski definition) is 5. The number of anilines is 3. The number of halogens is 2. The molecular weight excluding hydrogens is 759 g/mol. The molecule has 17 heteroatoms. The monoisotopic (exact) mass is 806 g/mol. The first-order valence-corrected chi connectivity index (χ1v) is 20.1. The van der Waals surface area contributed by atoms with Gasteiger partial charge >= 0.3 is 0 Å². The van der Waals surface area contributed by atoms with Crippen LogP contribution in [-0.4, -0.2) is 132 Å². The third-order valence-electron chi connectivity index (χ3n) is 11.2. The standard InChI is InChI=1S/C39H48Cl2N10O5/c40-29-5-2-6-30(41)35(29)38(55)45-32-22-42-47-36(32)39(56)44-26-11-15-51(16-12-26)34(53)24-48-13-9-25(10-14-48)23-49-17-19-50(20-18-49)28-4-1-3-27(21-28)43-31-7-8-33(52)46-37(31)54/h1-6,21-22,25-26,31,43H,7-20,23-24H2,(H,42,47)(H,44,56)(H,45,55)(H,46,52,54). The minimum absolute atomic E-state index is 0.111. The van der Waals surface area contributed by atoms with Gasteiger partial charge in [-0.2, -0.15) is 5.10 Å². The molecule has 298 valence electrons. The van der Waals surface area contributed by atoms with E-state index in [2.05, 4.69) is 58.3 Å². The van der Waals surface area contributed by atoms with Gasteiger partial charge in [0, 0.05) is 69.7 Å². The van der Waals surface area contributed by atoms with Gasteiger partial charge < -0.3 is 25.8 Å². The van der Waals surface area contributed by atoms with Crippen LogP contribution in [0.2, 0.25) is 10.0 Å². The van der Waals surface area contributed by atoms with Gasteiger partial charge in [0.1, 0.15) is 11.7 Å². The molecule has 0 aliphatic carbocycles. The third-order valence-corrected chi connectivity index (χ3v) is 11.9. The molecule has 4 aliphatic rings. The predicted molar refractivity (Wildman–Crippen MR) is 214 cm³/mol. The van der Waals surface area contributed by atoms with Crippen molar-refractivity contribution in [1.82, 2.24) is 35.5 Å². The van der Waals surface area contributed by atoms with Gasteiger partial charge in [0.05, 0.1) is 34.0 Å². The molecule has 4 saturated heterocycles. The Bertz CT molecular complexity index is 1900. The molecule has 7 rings (SSSR count). The molecule has 3 aromatic rings. The van der Waals surface area contributed by atoms with Crippen LogP contribution in [0.4, 0.5) is 17.1 Å². The van der Waals surface area contributed by atoms with Gasteiger partial charge in [-0.3, -0.25) is 44.2 Å². The largest absolute Gasteiger partial charge is 0.374 e. The van der Waals surface area contributed by atoms with E-state index < -0.39 is 17.9 Å². The molecule has 56 heavy (non-hydrogen) atoms. The first kappa shape index (κ1) is 39.5. The van der Waals surface area contributed by atoms with Crippen LogP contribution in [0.1, 0.15) is 59.4 Å². The summed E-state index contributed by atoms with van der Waals surface area (Å²) in [7, 11) is 0. The van der Waals surface area contributed by atoms with E-state index in [-0.39, 0.29) is 50.8 Å². The summed E-state index contributed by atoms with van der Waals surface area (Å²) in [5.41, 5.74) is 2.45. The molecule has 4 aliphatic heterocycles. The van der Waals surface area contributed by atoms with Crippen LogP contribution in [-0.2, 0) is 14.4 Å². The van der Waals surface area contributed by atoms with Crippen molar-refractivity contribution in [3.05, 3.63) is 70.0 Å². The first-order chi connectivity index (χ1) is 27.1. The molecule has 1 aromatic heterocycles. The summed E-state index contributed by atoms with van der Waals surface area (Å²) in [6.07, 6.45) is 5.59. The smallest absolute Gasteiger partial charge is 0.271 e. The number of rotatable bonds is 11. The Morgan fingerprint density at radius 1 is 0.821 bits per heavy atom. The number of amides is 5. The molecule has 5 heterocycles. The third kappa shape index (κ3) is 9.81. The Hall–Kier alpha value is -4.70. The van der Waals surface area contributed by atoms with Gasteiger partial charge in [-0.05, 0) is 81.4 Å². The SMILES string of the molecule is O=C1CCC(Nc2cccc(N3CCN(CC4CCN(CC(=O)N5CCC(NC(=O)c6[nH]ncc6NC(=O)c6c(Cl)cccc6Cl)CC5)CC4)CC3)c2)C(=O)N1. The lowest BCUT2D eigenvalue weighted by atomic mass is 9.95. The quantitative estimate of drug-likeness (QED) is 0.181. The van der Waals surface area contributed by atoms with E-state index >= 15 is 0 Å². The highest BCUT2D eigenvalue weighted by atomic mass is 35.5. The van der Waals surface area contributed by atoms with Crippen LogP contribution in [0.25, 0.3) is 0 Å². The molecule has 0 saturated carbocycles. The van der Waals surface area contributed by atoms with Crippen molar-refractivity contribution in [2.45, 2.75) is 50.6 Å². The van der Waals surface area contributed by atoms with E-state index in [1.807, 2.05) is 17.0 Å². The van der Waals surface area contributed by atoms with E-state index in [4.69, 9.17) is 23.2 Å². The molecule has 5 amide bonds. The fraction of sp³-hybridized carbons (Fsp3) is 0.487. The highest BCUT2D eigenvalue weighted by Gasteiger charge is 2.30. The molecule has 1 atom stereocenters. The summed E-state index contributed by atoms with van der Waals surface area (Å²) in [6.45, 7) is 8.23. The normalized spacial score (nSPS) is 20.4. The number of imide groups is 1. The first-order valence-electron chi connectivity index (χ1n) is 19.4. The average Bonchev–Trinajstić information content (AvgIpc) is 3.65. The highest BCUT2D eigenvalue weighted by molar-refractivity contribution is 6.40. The van der Waals surface area contributed by atoms with Gasteiger partial charge in [-0.1, -0.05) is 35.3 Å².